The predicted molar refractivity (Wildman–Crippen MR) is 69.1 cm³/mol. The second-order valence-electron chi connectivity index (χ2n) is 4.80. The van der Waals surface area contributed by atoms with Crippen LogP contribution in [0.25, 0.3) is 0 Å². The van der Waals surface area contributed by atoms with Crippen LogP contribution in [0.3, 0.4) is 0 Å². The van der Waals surface area contributed by atoms with Crippen molar-refractivity contribution in [1.29, 1.82) is 0 Å². The summed E-state index contributed by atoms with van der Waals surface area (Å²) in [6.07, 6.45) is 3.30. The van der Waals surface area contributed by atoms with Crippen molar-refractivity contribution in [2.24, 2.45) is 5.73 Å². The van der Waals surface area contributed by atoms with E-state index in [2.05, 4.69) is 6.07 Å². The van der Waals surface area contributed by atoms with E-state index in [0.717, 1.165) is 24.8 Å². The minimum absolute atomic E-state index is 0.0831. The Balaban J connectivity index is 2.29. The summed E-state index contributed by atoms with van der Waals surface area (Å²) in [5, 5.41) is 0. The van der Waals surface area contributed by atoms with Crippen LogP contribution >= 0.6 is 0 Å². The van der Waals surface area contributed by atoms with E-state index in [0.29, 0.717) is 6.54 Å². The van der Waals surface area contributed by atoms with Crippen LogP contribution in [-0.2, 0) is 12.8 Å². The Hall–Kier alpha value is -1.35. The summed E-state index contributed by atoms with van der Waals surface area (Å²) in [7, 11) is 1.83. The molecule has 0 radical (unpaired) electrons. The first-order chi connectivity index (χ1) is 8.15. The Kier molecular flexibility index (Phi) is 3.48. The highest BCUT2D eigenvalue weighted by molar-refractivity contribution is 5.96. The van der Waals surface area contributed by atoms with Crippen LogP contribution < -0.4 is 5.73 Å². The van der Waals surface area contributed by atoms with Gasteiger partial charge in [-0.3, -0.25) is 4.79 Å². The van der Waals surface area contributed by atoms with Crippen LogP contribution in [-0.4, -0.2) is 30.4 Å². The zero-order valence-electron chi connectivity index (χ0n) is 10.6. The number of hydrogen-bond donors (Lipinski definition) is 1. The summed E-state index contributed by atoms with van der Waals surface area (Å²) in [5.41, 5.74) is 9.05. The number of carbonyl (C=O) groups excluding carboxylic acids is 1. The number of rotatable bonds is 3. The van der Waals surface area contributed by atoms with Gasteiger partial charge in [-0.2, -0.15) is 0 Å². The average Bonchev–Trinajstić information content (AvgIpc) is 2.83. The molecule has 2 N–H and O–H groups in total. The highest BCUT2D eigenvalue weighted by atomic mass is 16.2. The molecule has 1 aromatic carbocycles. The molecule has 0 saturated carbocycles. The van der Waals surface area contributed by atoms with Gasteiger partial charge in [0.05, 0.1) is 0 Å². The predicted octanol–water partition coefficient (Wildman–Crippen LogP) is 1.59. The molecule has 92 valence electrons. The van der Waals surface area contributed by atoms with Crippen molar-refractivity contribution < 1.29 is 4.79 Å². The van der Waals surface area contributed by atoms with E-state index in [1.165, 1.54) is 11.1 Å². The van der Waals surface area contributed by atoms with E-state index in [4.69, 9.17) is 5.73 Å². The highest BCUT2D eigenvalue weighted by Crippen LogP contribution is 2.26. The molecule has 0 saturated heterocycles. The summed E-state index contributed by atoms with van der Waals surface area (Å²) in [6.45, 7) is 2.47. The molecule has 2 rings (SSSR count). The number of hydrogen-bond acceptors (Lipinski definition) is 2. The largest absolute Gasteiger partial charge is 0.338 e. The molecule has 0 aromatic heterocycles. The fraction of sp³-hybridized carbons (Fsp3) is 0.500. The highest BCUT2D eigenvalue weighted by Gasteiger charge is 2.22. The van der Waals surface area contributed by atoms with Crippen LogP contribution in [0.2, 0.25) is 0 Å². The third-order valence-electron chi connectivity index (χ3n) is 3.70. The molecule has 1 aromatic rings. The minimum Gasteiger partial charge on any atom is -0.338 e. The fourth-order valence-corrected chi connectivity index (χ4v) is 2.37. The van der Waals surface area contributed by atoms with Crippen LogP contribution in [0.15, 0.2) is 18.2 Å². The number of nitrogens with two attached hydrogens (primary N) is 1. The summed E-state index contributed by atoms with van der Waals surface area (Å²) < 4.78 is 0. The molecule has 1 atom stereocenters. The Labute approximate surface area is 103 Å². The molecule has 0 bridgehead atoms. The molecule has 1 amide bonds. The molecule has 0 aliphatic heterocycles. The van der Waals surface area contributed by atoms with Gasteiger partial charge in [0.15, 0.2) is 0 Å². The van der Waals surface area contributed by atoms with E-state index in [-0.39, 0.29) is 11.9 Å². The lowest BCUT2D eigenvalue weighted by Gasteiger charge is -2.24. The molecule has 3 heteroatoms. The molecule has 3 nitrogen and oxygen atoms in total. The van der Waals surface area contributed by atoms with Crippen LogP contribution in [0, 0.1) is 0 Å². The molecular weight excluding hydrogens is 212 g/mol. The Morgan fingerprint density at radius 2 is 2.24 bits per heavy atom. The molecule has 17 heavy (non-hydrogen) atoms. The van der Waals surface area contributed by atoms with Gasteiger partial charge in [-0.1, -0.05) is 12.1 Å². The van der Waals surface area contributed by atoms with Crippen molar-refractivity contribution in [3.05, 3.63) is 34.9 Å². The molecule has 0 fully saturated rings. The maximum atomic E-state index is 12.4. The number of aryl methyl sites for hydroxylation is 1. The van der Waals surface area contributed by atoms with Gasteiger partial charge < -0.3 is 10.6 Å². The van der Waals surface area contributed by atoms with Gasteiger partial charge in [0.2, 0.25) is 0 Å². The average molecular weight is 232 g/mol. The molecular formula is C14H20N2O. The van der Waals surface area contributed by atoms with Crippen molar-refractivity contribution >= 4 is 5.91 Å². The molecule has 1 aliphatic carbocycles. The van der Waals surface area contributed by atoms with Gasteiger partial charge in [0, 0.05) is 25.2 Å². The minimum atomic E-state index is 0.0831. The zero-order valence-corrected chi connectivity index (χ0v) is 10.6. The van der Waals surface area contributed by atoms with Crippen molar-refractivity contribution in [2.75, 3.05) is 13.6 Å². The van der Waals surface area contributed by atoms with E-state index in [1.807, 2.05) is 26.1 Å². The summed E-state index contributed by atoms with van der Waals surface area (Å²) in [6, 6.07) is 6.13. The first-order valence-electron chi connectivity index (χ1n) is 6.23. The second kappa shape index (κ2) is 4.88. The van der Waals surface area contributed by atoms with E-state index >= 15 is 0 Å². The Morgan fingerprint density at radius 3 is 2.94 bits per heavy atom. The fourth-order valence-electron chi connectivity index (χ4n) is 2.37. The molecule has 0 heterocycles. The zero-order chi connectivity index (χ0) is 12.4. The lowest BCUT2D eigenvalue weighted by atomic mass is 10.0. The van der Waals surface area contributed by atoms with Gasteiger partial charge >= 0.3 is 0 Å². The van der Waals surface area contributed by atoms with Crippen molar-refractivity contribution in [2.45, 2.75) is 32.2 Å². The van der Waals surface area contributed by atoms with Crippen molar-refractivity contribution in [3.63, 3.8) is 0 Å². The molecule has 0 spiro atoms. The topological polar surface area (TPSA) is 46.3 Å². The van der Waals surface area contributed by atoms with Crippen molar-refractivity contribution in [1.82, 2.24) is 4.90 Å². The third-order valence-corrected chi connectivity index (χ3v) is 3.70. The first-order valence-corrected chi connectivity index (χ1v) is 6.23. The first kappa shape index (κ1) is 12.1. The third kappa shape index (κ3) is 2.20. The maximum absolute atomic E-state index is 12.4. The molecule has 1 unspecified atom stereocenters. The van der Waals surface area contributed by atoms with E-state index in [1.54, 1.807) is 4.90 Å². The number of likely N-dealkylation sites (N-methyl/N-ethyl adjacent to an activating group) is 1. The Bertz CT molecular complexity index is 428. The van der Waals surface area contributed by atoms with Crippen LogP contribution in [0.4, 0.5) is 0 Å². The maximum Gasteiger partial charge on any atom is 0.254 e. The monoisotopic (exact) mass is 232 g/mol. The number of nitrogens with zero attached hydrogens (tertiary/aromatic N) is 1. The van der Waals surface area contributed by atoms with Gasteiger partial charge in [0.1, 0.15) is 0 Å². The Morgan fingerprint density at radius 1 is 1.47 bits per heavy atom. The summed E-state index contributed by atoms with van der Waals surface area (Å²) >= 11 is 0. The second-order valence-corrected chi connectivity index (χ2v) is 4.80. The molecule has 1 aliphatic rings. The van der Waals surface area contributed by atoms with Gasteiger partial charge in [0.25, 0.3) is 5.91 Å². The summed E-state index contributed by atoms with van der Waals surface area (Å²) in [4.78, 5) is 14.1. The van der Waals surface area contributed by atoms with Crippen LogP contribution in [0.5, 0.6) is 0 Å². The van der Waals surface area contributed by atoms with Gasteiger partial charge in [-0.05, 0) is 43.4 Å². The van der Waals surface area contributed by atoms with Gasteiger partial charge in [-0.15, -0.1) is 0 Å². The lowest BCUT2D eigenvalue weighted by Crippen LogP contribution is -2.40. The number of fused-ring (bicyclic) bond motifs is 1. The van der Waals surface area contributed by atoms with E-state index < -0.39 is 0 Å². The smallest absolute Gasteiger partial charge is 0.254 e. The lowest BCUT2D eigenvalue weighted by molar-refractivity contribution is 0.0747. The van der Waals surface area contributed by atoms with E-state index in [9.17, 15) is 4.79 Å². The SMILES string of the molecule is CC(CN)N(C)C(=O)c1cccc2c1CCC2. The summed E-state index contributed by atoms with van der Waals surface area (Å²) in [5.74, 6) is 0.0988. The quantitative estimate of drug-likeness (QED) is 0.860. The number of benzene rings is 1. The number of amides is 1. The van der Waals surface area contributed by atoms with Crippen LogP contribution in [0.1, 0.15) is 34.8 Å². The standard InChI is InChI=1S/C14H20N2O/c1-10(9-15)16(2)14(17)13-8-4-6-11-5-3-7-12(11)13/h4,6,8,10H,3,5,7,9,15H2,1-2H3. The normalized spacial score (nSPS) is 15.5. The van der Waals surface area contributed by atoms with Gasteiger partial charge in [-0.25, -0.2) is 0 Å². The number of carbonyl (C=O) groups is 1. The van der Waals surface area contributed by atoms with Crippen molar-refractivity contribution in [3.8, 4) is 0 Å².